The van der Waals surface area contributed by atoms with Crippen LogP contribution >= 0.6 is 0 Å². The van der Waals surface area contributed by atoms with Gasteiger partial charge in [-0.15, -0.1) is 0 Å². The van der Waals surface area contributed by atoms with Gasteiger partial charge in [0.05, 0.1) is 0 Å². The summed E-state index contributed by atoms with van der Waals surface area (Å²) in [7, 11) is 2.93. The van der Waals surface area contributed by atoms with Crippen molar-refractivity contribution in [2.75, 3.05) is 27.3 Å². The highest BCUT2D eigenvalue weighted by atomic mass is 16.6. The molecule has 1 heterocycles. The number of hydrogen-bond acceptors (Lipinski definition) is 10. The first kappa shape index (κ1) is 44.9. The molecule has 0 N–H and O–H groups in total. The molecule has 3 rings (SSSR count). The number of esters is 3. The third-order valence-electron chi connectivity index (χ3n) is 9.37. The molecule has 0 aliphatic carbocycles. The van der Waals surface area contributed by atoms with Crippen LogP contribution < -0.4 is 0 Å². The van der Waals surface area contributed by atoms with Gasteiger partial charge in [-0.25, -0.2) is 19.2 Å². The van der Waals surface area contributed by atoms with Crippen LogP contribution in [0, 0.1) is 11.8 Å². The molecule has 4 atom stereocenters. The Kier molecular flexibility index (Phi) is 17.2. The van der Waals surface area contributed by atoms with E-state index >= 15 is 0 Å². The number of ether oxygens (including phenoxy) is 5. The van der Waals surface area contributed by atoms with Gasteiger partial charge in [-0.3, -0.25) is 9.69 Å². The fourth-order valence-electron chi connectivity index (χ4n) is 6.28. The Hall–Kier alpha value is -4.45. The second-order valence-electron chi connectivity index (χ2n) is 16.3. The molecule has 0 saturated carbocycles. The maximum absolute atomic E-state index is 14.5. The van der Waals surface area contributed by atoms with Gasteiger partial charge in [0.2, 0.25) is 0 Å². The largest absolute Gasteiger partial charge is 0.458 e. The van der Waals surface area contributed by atoms with Crippen molar-refractivity contribution in [2.24, 2.45) is 11.8 Å². The molecule has 2 aromatic rings. The Labute approximate surface area is 327 Å². The lowest BCUT2D eigenvalue weighted by atomic mass is 9.90. The summed E-state index contributed by atoms with van der Waals surface area (Å²) in [5.74, 6) is -2.62. The van der Waals surface area contributed by atoms with Gasteiger partial charge in [0.15, 0.2) is 12.2 Å². The zero-order valence-electron chi connectivity index (χ0n) is 34.4. The summed E-state index contributed by atoms with van der Waals surface area (Å²) in [5, 5.41) is 0. The molecule has 304 valence electrons. The fraction of sp³-hybridized carbons (Fsp3) is 0.605. The summed E-state index contributed by atoms with van der Waals surface area (Å²) in [4.78, 5) is 70.6. The van der Waals surface area contributed by atoms with E-state index in [0.29, 0.717) is 19.1 Å². The topological polar surface area (TPSA) is 138 Å². The first-order valence-corrected chi connectivity index (χ1v) is 19.4. The minimum atomic E-state index is -1.36. The van der Waals surface area contributed by atoms with Crippen LogP contribution in [0.5, 0.6) is 0 Å². The van der Waals surface area contributed by atoms with Crippen LogP contribution in [0.2, 0.25) is 0 Å². The van der Waals surface area contributed by atoms with Crippen LogP contribution in [0.3, 0.4) is 0 Å². The first-order valence-electron chi connectivity index (χ1n) is 19.4. The Bertz CT molecular complexity index is 1550. The monoisotopic (exact) mass is 766 g/mol. The average molecular weight is 767 g/mol. The Morgan fingerprint density at radius 1 is 0.727 bits per heavy atom. The minimum Gasteiger partial charge on any atom is -0.458 e. The number of hydrogen-bond donors (Lipinski definition) is 0. The van der Waals surface area contributed by atoms with Gasteiger partial charge < -0.3 is 28.6 Å². The van der Waals surface area contributed by atoms with Gasteiger partial charge >= 0.3 is 24.0 Å². The molecule has 2 aromatic carbocycles. The van der Waals surface area contributed by atoms with Crippen LogP contribution in [-0.4, -0.2) is 96.9 Å². The average Bonchev–Trinajstić information content (AvgIpc) is 3.13. The number of amides is 2. The molecule has 12 heteroatoms. The van der Waals surface area contributed by atoms with E-state index in [0.717, 1.165) is 29.5 Å². The minimum absolute atomic E-state index is 0.0106. The fourth-order valence-corrected chi connectivity index (χ4v) is 6.28. The van der Waals surface area contributed by atoms with Crippen LogP contribution in [-0.2, 0) is 55.9 Å². The Balaban J connectivity index is 1.88. The predicted octanol–water partition coefficient (Wildman–Crippen LogP) is 6.86. The van der Waals surface area contributed by atoms with Gasteiger partial charge in [-0.05, 0) is 87.8 Å². The van der Waals surface area contributed by atoms with Crippen molar-refractivity contribution in [3.8, 4) is 0 Å². The second-order valence-corrected chi connectivity index (χ2v) is 16.3. The number of carbonyl (C=O) groups is 5. The maximum atomic E-state index is 14.5. The van der Waals surface area contributed by atoms with E-state index in [9.17, 15) is 24.0 Å². The first-order chi connectivity index (χ1) is 25.9. The normalized spacial score (nSPS) is 15.7. The summed E-state index contributed by atoms with van der Waals surface area (Å²) < 4.78 is 28.1. The third-order valence-corrected chi connectivity index (χ3v) is 9.37. The summed E-state index contributed by atoms with van der Waals surface area (Å²) in [5.41, 5.74) is 1.89. The van der Waals surface area contributed by atoms with E-state index < -0.39 is 59.8 Å². The van der Waals surface area contributed by atoms with Crippen molar-refractivity contribution in [1.29, 1.82) is 0 Å². The van der Waals surface area contributed by atoms with Crippen molar-refractivity contribution in [1.82, 2.24) is 9.80 Å². The SMILES string of the molecule is CC(C)C[C@@H](C(=O)O[C@H](Cc1ccc(C2CCOCC2)cc1)C(=O)N(C)[C@@H](CC(C)C)C(=O)O[C@H](C)C(=O)OCc1ccccc1)N(C)C(=O)OC(C)(C)C. The smallest absolute Gasteiger partial charge is 0.410 e. The molecule has 1 aliphatic rings. The second kappa shape index (κ2) is 21.0. The van der Waals surface area contributed by atoms with Crippen molar-refractivity contribution < 1.29 is 47.7 Å². The van der Waals surface area contributed by atoms with E-state index in [1.165, 1.54) is 30.8 Å². The Morgan fingerprint density at radius 2 is 1.27 bits per heavy atom. The summed E-state index contributed by atoms with van der Waals surface area (Å²) in [6, 6.07) is 14.8. The van der Waals surface area contributed by atoms with Crippen molar-refractivity contribution in [3.63, 3.8) is 0 Å². The zero-order chi connectivity index (χ0) is 40.9. The van der Waals surface area contributed by atoms with Crippen molar-refractivity contribution in [3.05, 3.63) is 71.3 Å². The predicted molar refractivity (Wildman–Crippen MR) is 208 cm³/mol. The number of likely N-dealkylation sites (N-methyl/N-ethyl adjacent to an activating group) is 2. The molecule has 1 fully saturated rings. The van der Waals surface area contributed by atoms with Gasteiger partial charge in [-0.2, -0.15) is 0 Å². The van der Waals surface area contributed by atoms with Gasteiger partial charge in [0.1, 0.15) is 24.3 Å². The molecule has 2 amide bonds. The summed E-state index contributed by atoms with van der Waals surface area (Å²) in [6.45, 7) is 15.7. The quantitative estimate of drug-likeness (QED) is 0.124. The highest BCUT2D eigenvalue weighted by Crippen LogP contribution is 2.28. The molecular weight excluding hydrogens is 704 g/mol. The Morgan fingerprint density at radius 3 is 1.82 bits per heavy atom. The molecule has 0 spiro atoms. The molecule has 1 saturated heterocycles. The lowest BCUT2D eigenvalue weighted by Crippen LogP contribution is -2.52. The van der Waals surface area contributed by atoms with E-state index in [1.807, 2.05) is 82.3 Å². The molecule has 0 radical (unpaired) electrons. The number of carbonyl (C=O) groups excluding carboxylic acids is 5. The van der Waals surface area contributed by atoms with Crippen LogP contribution in [0.25, 0.3) is 0 Å². The van der Waals surface area contributed by atoms with E-state index in [4.69, 9.17) is 23.7 Å². The summed E-state index contributed by atoms with van der Waals surface area (Å²) >= 11 is 0. The standard InChI is InChI=1S/C43H62N2O10/c1-28(2)24-35(40(48)53-30(5)39(47)52-27-32-14-12-11-13-15-32)44(9)38(46)37(26-31-16-18-33(19-17-31)34-20-22-51-23-21-34)54-41(49)36(25-29(3)4)45(10)42(50)55-43(6,7)8/h11-19,28-30,34-37H,20-27H2,1-10H3/t30-,35+,36+,37-/m1/s1. The molecule has 1 aliphatic heterocycles. The number of benzene rings is 2. The van der Waals surface area contributed by atoms with Gasteiger partial charge in [-0.1, -0.05) is 82.3 Å². The van der Waals surface area contributed by atoms with Crippen molar-refractivity contribution in [2.45, 2.75) is 130 Å². The lowest BCUT2D eigenvalue weighted by molar-refractivity contribution is -0.174. The lowest BCUT2D eigenvalue weighted by Gasteiger charge is -2.33. The molecular formula is C43H62N2O10. The highest BCUT2D eigenvalue weighted by Gasteiger charge is 2.39. The van der Waals surface area contributed by atoms with Gasteiger partial charge in [0.25, 0.3) is 5.91 Å². The van der Waals surface area contributed by atoms with Crippen LogP contribution in [0.4, 0.5) is 4.79 Å². The zero-order valence-corrected chi connectivity index (χ0v) is 34.4. The van der Waals surface area contributed by atoms with E-state index in [2.05, 4.69) is 0 Å². The van der Waals surface area contributed by atoms with Crippen LogP contribution in [0.15, 0.2) is 54.6 Å². The molecule has 12 nitrogen and oxygen atoms in total. The van der Waals surface area contributed by atoms with Crippen LogP contribution in [0.1, 0.15) is 104 Å². The maximum Gasteiger partial charge on any atom is 0.410 e. The molecule has 0 bridgehead atoms. The summed E-state index contributed by atoms with van der Waals surface area (Å²) in [6.07, 6.45) is -0.976. The van der Waals surface area contributed by atoms with E-state index in [-0.39, 0.29) is 37.7 Å². The van der Waals surface area contributed by atoms with E-state index in [1.54, 1.807) is 20.8 Å². The molecule has 55 heavy (non-hydrogen) atoms. The van der Waals surface area contributed by atoms with Gasteiger partial charge in [0, 0.05) is 33.7 Å². The number of rotatable bonds is 17. The highest BCUT2D eigenvalue weighted by molar-refractivity contribution is 5.90. The third kappa shape index (κ3) is 14.6. The number of nitrogens with zero attached hydrogens (tertiary/aromatic N) is 2. The molecule has 0 unspecified atom stereocenters. The molecule has 0 aromatic heterocycles. The van der Waals surface area contributed by atoms with Crippen molar-refractivity contribution >= 4 is 29.9 Å².